The number of para-hydroxylation sites is 1. The molecule has 0 aliphatic carbocycles. The van der Waals surface area contributed by atoms with Gasteiger partial charge in [0.25, 0.3) is 0 Å². The number of rotatable bonds is 4. The van der Waals surface area contributed by atoms with Crippen LogP contribution in [0.3, 0.4) is 0 Å². The zero-order valence-corrected chi connectivity index (χ0v) is 13.1. The topological polar surface area (TPSA) is 64.7 Å². The van der Waals surface area contributed by atoms with Gasteiger partial charge in [0.1, 0.15) is 11.6 Å². The predicted octanol–water partition coefficient (Wildman–Crippen LogP) is 1.44. The van der Waals surface area contributed by atoms with Gasteiger partial charge in [-0.25, -0.2) is 0 Å². The third-order valence-corrected chi connectivity index (χ3v) is 4.14. The fourth-order valence-electron chi connectivity index (χ4n) is 2.95. The van der Waals surface area contributed by atoms with Crippen molar-refractivity contribution in [2.45, 2.75) is 33.0 Å². The van der Waals surface area contributed by atoms with Crippen molar-refractivity contribution in [2.75, 3.05) is 6.54 Å². The number of hydrogen-bond donors (Lipinski definition) is 0. The van der Waals surface area contributed by atoms with Gasteiger partial charge in [0, 0.05) is 26.1 Å². The molecule has 7 heteroatoms. The van der Waals surface area contributed by atoms with Crippen LogP contribution >= 0.6 is 0 Å². The van der Waals surface area contributed by atoms with Gasteiger partial charge in [-0.15, -0.1) is 10.2 Å². The van der Waals surface area contributed by atoms with Crippen molar-refractivity contribution >= 4 is 0 Å². The van der Waals surface area contributed by atoms with Crippen LogP contribution in [0.25, 0.3) is 5.69 Å². The minimum Gasteiger partial charge on any atom is -0.313 e. The molecule has 0 N–H and O–H groups in total. The smallest absolute Gasteiger partial charge is 0.147 e. The molecule has 0 fully saturated rings. The van der Waals surface area contributed by atoms with E-state index in [4.69, 9.17) is 0 Å². The van der Waals surface area contributed by atoms with Gasteiger partial charge in [-0.05, 0) is 12.1 Å². The highest BCUT2D eigenvalue weighted by Gasteiger charge is 2.21. The summed E-state index contributed by atoms with van der Waals surface area (Å²) in [7, 11) is 0. The first-order chi connectivity index (χ1) is 11.3. The Morgan fingerprint density at radius 3 is 2.78 bits per heavy atom. The maximum Gasteiger partial charge on any atom is 0.147 e. The molecule has 7 nitrogen and oxygen atoms in total. The quantitative estimate of drug-likeness (QED) is 0.729. The van der Waals surface area contributed by atoms with Gasteiger partial charge in [-0.1, -0.05) is 25.1 Å². The molecule has 0 radical (unpaired) electrons. The molecule has 0 atom stereocenters. The molecule has 3 heterocycles. The average Bonchev–Trinajstić information content (AvgIpc) is 3.22. The third-order valence-electron chi connectivity index (χ3n) is 4.14. The van der Waals surface area contributed by atoms with Crippen LogP contribution in [0.5, 0.6) is 0 Å². The van der Waals surface area contributed by atoms with Crippen molar-refractivity contribution in [3.63, 3.8) is 0 Å². The first kappa shape index (κ1) is 14.1. The number of fused-ring (bicyclic) bond motifs is 1. The molecule has 0 spiro atoms. The monoisotopic (exact) mass is 309 g/mol. The van der Waals surface area contributed by atoms with E-state index in [1.54, 1.807) is 4.80 Å². The second-order valence-electron chi connectivity index (χ2n) is 5.71. The van der Waals surface area contributed by atoms with Crippen molar-refractivity contribution in [3.05, 3.63) is 53.9 Å². The maximum absolute atomic E-state index is 4.57. The van der Waals surface area contributed by atoms with Crippen molar-refractivity contribution < 1.29 is 0 Å². The number of benzene rings is 1. The summed E-state index contributed by atoms with van der Waals surface area (Å²) in [4.78, 5) is 4.01. The lowest BCUT2D eigenvalue weighted by atomic mass is 10.3. The van der Waals surface area contributed by atoms with Crippen LogP contribution in [0, 0.1) is 0 Å². The molecule has 118 valence electrons. The molecule has 2 aromatic heterocycles. The van der Waals surface area contributed by atoms with E-state index in [0.29, 0.717) is 0 Å². The summed E-state index contributed by atoms with van der Waals surface area (Å²) in [6, 6.07) is 9.96. The van der Waals surface area contributed by atoms with Crippen molar-refractivity contribution in [1.29, 1.82) is 0 Å². The van der Waals surface area contributed by atoms with Crippen LogP contribution in [0.2, 0.25) is 0 Å². The van der Waals surface area contributed by atoms with Crippen LogP contribution < -0.4 is 0 Å². The summed E-state index contributed by atoms with van der Waals surface area (Å²) in [5.74, 6) is 2.12. The Bertz CT molecular complexity index is 790. The van der Waals surface area contributed by atoms with E-state index in [2.05, 4.69) is 36.8 Å². The van der Waals surface area contributed by atoms with Gasteiger partial charge in [0.15, 0.2) is 0 Å². The number of nitrogens with zero attached hydrogens (tertiary/aromatic N) is 7. The Labute approximate surface area is 134 Å². The molecule has 0 unspecified atom stereocenters. The Balaban J connectivity index is 1.46. The van der Waals surface area contributed by atoms with Gasteiger partial charge in [0.05, 0.1) is 24.1 Å². The summed E-state index contributed by atoms with van der Waals surface area (Å²) in [6.45, 7) is 5.63. The van der Waals surface area contributed by atoms with Crippen LogP contribution in [0.4, 0.5) is 0 Å². The van der Waals surface area contributed by atoms with Crippen molar-refractivity contribution in [3.8, 4) is 5.69 Å². The second-order valence-corrected chi connectivity index (χ2v) is 5.71. The number of aromatic nitrogens is 6. The molecule has 0 saturated heterocycles. The number of hydrogen-bond acceptors (Lipinski definition) is 5. The zero-order chi connectivity index (χ0) is 15.6. The van der Waals surface area contributed by atoms with E-state index in [-0.39, 0.29) is 0 Å². The lowest BCUT2D eigenvalue weighted by molar-refractivity contribution is 0.205. The highest BCUT2D eigenvalue weighted by Crippen LogP contribution is 2.15. The van der Waals surface area contributed by atoms with E-state index < -0.39 is 0 Å². The molecule has 3 aromatic rings. The standard InChI is InChI=1S/C16H19N7/c1-2-15-18-19-16-12-21(8-9-22(15)16)11-13-10-17-23(20-13)14-6-4-3-5-7-14/h3-7,10H,2,8-9,11-12H2,1H3. The maximum atomic E-state index is 4.57. The van der Waals surface area contributed by atoms with Crippen LogP contribution in [-0.2, 0) is 26.1 Å². The summed E-state index contributed by atoms with van der Waals surface area (Å²) in [5, 5.41) is 17.5. The fourth-order valence-corrected chi connectivity index (χ4v) is 2.95. The zero-order valence-electron chi connectivity index (χ0n) is 13.1. The number of aryl methyl sites for hydroxylation is 1. The van der Waals surface area contributed by atoms with E-state index in [0.717, 1.165) is 55.6 Å². The Morgan fingerprint density at radius 2 is 1.96 bits per heavy atom. The van der Waals surface area contributed by atoms with E-state index in [1.165, 1.54) is 0 Å². The van der Waals surface area contributed by atoms with Crippen LogP contribution in [-0.4, -0.2) is 41.2 Å². The Hall–Kier alpha value is -2.54. The first-order valence-corrected chi connectivity index (χ1v) is 7.93. The lowest BCUT2D eigenvalue weighted by Crippen LogP contribution is -2.34. The van der Waals surface area contributed by atoms with Crippen LogP contribution in [0.15, 0.2) is 36.5 Å². The SMILES string of the molecule is CCc1nnc2n1CCN(Cc1cnn(-c3ccccc3)n1)C2. The Morgan fingerprint density at radius 1 is 1.09 bits per heavy atom. The summed E-state index contributed by atoms with van der Waals surface area (Å²) < 4.78 is 2.23. The van der Waals surface area contributed by atoms with Gasteiger partial charge < -0.3 is 4.57 Å². The van der Waals surface area contributed by atoms with E-state index in [1.807, 2.05) is 36.5 Å². The average molecular weight is 309 g/mol. The van der Waals surface area contributed by atoms with Gasteiger partial charge in [-0.3, -0.25) is 4.90 Å². The minimum absolute atomic E-state index is 0.779. The molecule has 1 aliphatic heterocycles. The van der Waals surface area contributed by atoms with Gasteiger partial charge in [-0.2, -0.15) is 15.0 Å². The molecule has 0 amide bonds. The van der Waals surface area contributed by atoms with Crippen LogP contribution in [0.1, 0.15) is 24.3 Å². The first-order valence-electron chi connectivity index (χ1n) is 7.93. The summed E-state index contributed by atoms with van der Waals surface area (Å²) in [5.41, 5.74) is 1.95. The lowest BCUT2D eigenvalue weighted by Gasteiger charge is -2.26. The molecular weight excluding hydrogens is 290 g/mol. The highest BCUT2D eigenvalue weighted by molar-refractivity contribution is 5.28. The van der Waals surface area contributed by atoms with E-state index in [9.17, 15) is 0 Å². The van der Waals surface area contributed by atoms with Crippen molar-refractivity contribution in [1.82, 2.24) is 34.7 Å². The van der Waals surface area contributed by atoms with Gasteiger partial charge in [0.2, 0.25) is 0 Å². The van der Waals surface area contributed by atoms with Crippen molar-refractivity contribution in [2.24, 2.45) is 0 Å². The third kappa shape index (κ3) is 2.75. The minimum atomic E-state index is 0.779. The molecule has 1 aliphatic rings. The molecule has 0 bridgehead atoms. The molecule has 0 saturated carbocycles. The summed E-state index contributed by atoms with van der Waals surface area (Å²) >= 11 is 0. The molecule has 4 rings (SSSR count). The van der Waals surface area contributed by atoms with E-state index >= 15 is 0 Å². The second kappa shape index (κ2) is 5.92. The predicted molar refractivity (Wildman–Crippen MR) is 84.9 cm³/mol. The fraction of sp³-hybridized carbons (Fsp3) is 0.375. The normalized spacial score (nSPS) is 14.8. The van der Waals surface area contributed by atoms with Gasteiger partial charge >= 0.3 is 0 Å². The molecule has 23 heavy (non-hydrogen) atoms. The molecule has 1 aromatic carbocycles. The largest absolute Gasteiger partial charge is 0.313 e. The highest BCUT2D eigenvalue weighted by atomic mass is 15.5. The Kier molecular flexibility index (Phi) is 3.63. The molecular formula is C16H19N7. The summed E-state index contributed by atoms with van der Waals surface area (Å²) in [6.07, 6.45) is 2.77.